The number of anilines is 2. The number of carbonyl (C=O) groups is 1. The third-order valence-corrected chi connectivity index (χ3v) is 4.61. The van der Waals surface area contributed by atoms with Gasteiger partial charge in [-0.2, -0.15) is 13.2 Å². The summed E-state index contributed by atoms with van der Waals surface area (Å²) in [6, 6.07) is 4.37. The summed E-state index contributed by atoms with van der Waals surface area (Å²) in [6.45, 7) is 3.42. The first-order valence-electron chi connectivity index (χ1n) is 8.64. The smallest absolute Gasteiger partial charge is 0.353 e. The Hall–Kier alpha value is -3.24. The Morgan fingerprint density at radius 3 is 2.57 bits per heavy atom. The van der Waals surface area contributed by atoms with Crippen molar-refractivity contribution in [1.82, 2.24) is 25.0 Å². The van der Waals surface area contributed by atoms with Crippen molar-refractivity contribution in [1.29, 1.82) is 0 Å². The van der Waals surface area contributed by atoms with Gasteiger partial charge in [0.15, 0.2) is 17.0 Å². The number of halogens is 3. The molecule has 8 nitrogen and oxygen atoms in total. The van der Waals surface area contributed by atoms with Crippen molar-refractivity contribution in [2.45, 2.75) is 19.6 Å². The van der Waals surface area contributed by atoms with Crippen LogP contribution < -0.4 is 10.2 Å². The van der Waals surface area contributed by atoms with E-state index in [9.17, 15) is 18.0 Å². The van der Waals surface area contributed by atoms with Crippen LogP contribution in [0.3, 0.4) is 0 Å². The number of hydrogen-bond acceptors (Lipinski definition) is 6. The Kier molecular flexibility index (Phi) is 4.36. The first-order chi connectivity index (χ1) is 13.4. The van der Waals surface area contributed by atoms with E-state index in [1.54, 1.807) is 4.68 Å². The molecule has 1 aliphatic rings. The predicted molar refractivity (Wildman–Crippen MR) is 94.6 cm³/mol. The van der Waals surface area contributed by atoms with Gasteiger partial charge < -0.3 is 10.2 Å². The van der Waals surface area contributed by atoms with E-state index >= 15 is 0 Å². The van der Waals surface area contributed by atoms with Crippen LogP contribution in [0.25, 0.3) is 11.2 Å². The van der Waals surface area contributed by atoms with Crippen LogP contribution in [0.2, 0.25) is 0 Å². The van der Waals surface area contributed by atoms with Crippen LogP contribution in [0, 0.1) is 5.92 Å². The molecular weight excluding hydrogens is 375 g/mol. The number of carbonyl (C=O) groups excluding carboxylic acids is 1. The van der Waals surface area contributed by atoms with E-state index in [2.05, 4.69) is 25.6 Å². The Morgan fingerprint density at radius 1 is 1.21 bits per heavy atom. The van der Waals surface area contributed by atoms with Gasteiger partial charge in [0, 0.05) is 25.3 Å². The summed E-state index contributed by atoms with van der Waals surface area (Å²) in [4.78, 5) is 22.7. The molecule has 28 heavy (non-hydrogen) atoms. The maximum absolute atomic E-state index is 12.6. The summed E-state index contributed by atoms with van der Waals surface area (Å²) in [6.07, 6.45) is -2.97. The quantitative estimate of drug-likeness (QED) is 0.734. The molecule has 1 aromatic carbocycles. The molecule has 0 spiro atoms. The zero-order valence-electron chi connectivity index (χ0n) is 14.8. The molecule has 3 heterocycles. The summed E-state index contributed by atoms with van der Waals surface area (Å²) in [5.74, 6) is 0.0651. The number of hydrogen-bond donors (Lipinski definition) is 1. The van der Waals surface area contributed by atoms with Crippen LogP contribution in [0.4, 0.5) is 24.7 Å². The largest absolute Gasteiger partial charge is 0.416 e. The summed E-state index contributed by atoms with van der Waals surface area (Å²) in [5.41, 5.74) is 0.774. The lowest BCUT2D eigenvalue weighted by Gasteiger charge is -2.38. The second-order valence-electron chi connectivity index (χ2n) is 6.44. The highest BCUT2D eigenvalue weighted by molar-refractivity contribution is 5.95. The zero-order valence-corrected chi connectivity index (χ0v) is 14.8. The second kappa shape index (κ2) is 6.73. The molecule has 0 bridgehead atoms. The highest BCUT2D eigenvalue weighted by atomic mass is 19.4. The SMILES string of the molecule is CCn1nnc2c(N3CC(C(=O)Nc4ccc(C(F)(F)F)cc4)C3)ncnc21. The summed E-state index contributed by atoms with van der Waals surface area (Å²) in [7, 11) is 0. The topological polar surface area (TPSA) is 88.8 Å². The van der Waals surface area contributed by atoms with Gasteiger partial charge in [-0.3, -0.25) is 4.79 Å². The van der Waals surface area contributed by atoms with Crippen LogP contribution in [-0.4, -0.2) is 44.0 Å². The van der Waals surface area contributed by atoms with E-state index in [1.165, 1.54) is 18.5 Å². The number of nitrogens with zero attached hydrogens (tertiary/aromatic N) is 6. The van der Waals surface area contributed by atoms with Crippen molar-refractivity contribution in [3.05, 3.63) is 36.2 Å². The minimum Gasteiger partial charge on any atom is -0.353 e. The van der Waals surface area contributed by atoms with Crippen molar-refractivity contribution < 1.29 is 18.0 Å². The Bertz CT molecular complexity index is 1010. The Labute approximate surface area is 157 Å². The monoisotopic (exact) mass is 391 g/mol. The van der Waals surface area contributed by atoms with Crippen molar-refractivity contribution >= 4 is 28.6 Å². The molecule has 1 fully saturated rings. The van der Waals surface area contributed by atoms with Crippen molar-refractivity contribution in [3.63, 3.8) is 0 Å². The van der Waals surface area contributed by atoms with Crippen LogP contribution in [0.5, 0.6) is 0 Å². The van der Waals surface area contributed by atoms with Gasteiger partial charge in [-0.05, 0) is 31.2 Å². The third-order valence-electron chi connectivity index (χ3n) is 4.61. The number of rotatable bonds is 4. The van der Waals surface area contributed by atoms with Crippen molar-refractivity contribution in [2.75, 3.05) is 23.3 Å². The number of benzene rings is 1. The Balaban J connectivity index is 1.40. The average molecular weight is 391 g/mol. The molecular formula is C17H16F3N7O. The van der Waals surface area contributed by atoms with E-state index in [0.717, 1.165) is 12.1 Å². The fourth-order valence-corrected chi connectivity index (χ4v) is 3.03. The van der Waals surface area contributed by atoms with Gasteiger partial charge >= 0.3 is 6.18 Å². The van der Waals surface area contributed by atoms with Gasteiger partial charge in [0.05, 0.1) is 11.5 Å². The molecule has 146 valence electrons. The molecule has 1 saturated heterocycles. The number of alkyl halides is 3. The molecule has 11 heteroatoms. The van der Waals surface area contributed by atoms with Crippen LogP contribution in [-0.2, 0) is 17.5 Å². The number of nitrogens with one attached hydrogen (secondary N) is 1. The zero-order chi connectivity index (χ0) is 19.9. The minimum atomic E-state index is -4.40. The number of amides is 1. The lowest BCUT2D eigenvalue weighted by Crippen LogP contribution is -2.52. The van der Waals surface area contributed by atoms with E-state index in [0.29, 0.717) is 42.3 Å². The molecule has 1 N–H and O–H groups in total. The van der Waals surface area contributed by atoms with Gasteiger partial charge in [-0.25, -0.2) is 14.6 Å². The molecule has 0 unspecified atom stereocenters. The highest BCUT2D eigenvalue weighted by Gasteiger charge is 2.35. The third kappa shape index (κ3) is 3.23. The molecule has 0 saturated carbocycles. The second-order valence-corrected chi connectivity index (χ2v) is 6.44. The molecule has 1 aliphatic heterocycles. The van der Waals surface area contributed by atoms with Crippen LogP contribution in [0.15, 0.2) is 30.6 Å². The fourth-order valence-electron chi connectivity index (χ4n) is 3.03. The molecule has 0 atom stereocenters. The van der Waals surface area contributed by atoms with Gasteiger partial charge in [-0.1, -0.05) is 5.21 Å². The van der Waals surface area contributed by atoms with Crippen LogP contribution >= 0.6 is 0 Å². The van der Waals surface area contributed by atoms with Crippen LogP contribution in [0.1, 0.15) is 12.5 Å². The van der Waals surface area contributed by atoms with E-state index in [1.807, 2.05) is 11.8 Å². The number of aromatic nitrogens is 5. The van der Waals surface area contributed by atoms with E-state index in [-0.39, 0.29) is 11.8 Å². The summed E-state index contributed by atoms with van der Waals surface area (Å²) in [5, 5.41) is 10.8. The standard InChI is InChI=1S/C17H16F3N7O/c1-2-27-15-13(24-25-27)14(21-9-22-15)26-7-10(8-26)16(28)23-12-5-3-11(4-6-12)17(18,19)20/h3-6,9-10H,2,7-8H2,1H3,(H,23,28). The van der Waals surface area contributed by atoms with Gasteiger partial charge in [0.1, 0.15) is 6.33 Å². The molecule has 2 aromatic heterocycles. The molecule has 3 aromatic rings. The molecule has 0 radical (unpaired) electrons. The van der Waals surface area contributed by atoms with Gasteiger partial charge in [-0.15, -0.1) is 5.10 Å². The highest BCUT2D eigenvalue weighted by Crippen LogP contribution is 2.31. The van der Waals surface area contributed by atoms with Gasteiger partial charge in [0.2, 0.25) is 5.91 Å². The minimum absolute atomic E-state index is 0.251. The lowest BCUT2D eigenvalue weighted by molar-refractivity contribution is -0.137. The van der Waals surface area contributed by atoms with E-state index < -0.39 is 11.7 Å². The number of fused-ring (bicyclic) bond motifs is 1. The maximum atomic E-state index is 12.6. The van der Waals surface area contributed by atoms with Gasteiger partial charge in [0.25, 0.3) is 0 Å². The number of aryl methyl sites for hydroxylation is 1. The van der Waals surface area contributed by atoms with Crippen molar-refractivity contribution in [2.24, 2.45) is 5.92 Å². The van der Waals surface area contributed by atoms with E-state index in [4.69, 9.17) is 0 Å². The Morgan fingerprint density at radius 2 is 1.93 bits per heavy atom. The lowest BCUT2D eigenvalue weighted by atomic mass is 9.99. The van der Waals surface area contributed by atoms with Crippen molar-refractivity contribution in [3.8, 4) is 0 Å². The molecule has 4 rings (SSSR count). The predicted octanol–water partition coefficient (Wildman–Crippen LogP) is 2.33. The summed E-state index contributed by atoms with van der Waals surface area (Å²) >= 11 is 0. The molecule has 1 amide bonds. The maximum Gasteiger partial charge on any atom is 0.416 e. The normalized spacial score (nSPS) is 14.9. The fraction of sp³-hybridized carbons (Fsp3) is 0.353. The first-order valence-corrected chi connectivity index (χ1v) is 8.64. The average Bonchev–Trinajstić information content (AvgIpc) is 3.04. The first kappa shape index (κ1) is 18.1. The molecule has 0 aliphatic carbocycles. The summed E-state index contributed by atoms with van der Waals surface area (Å²) < 4.78 is 39.5.